The van der Waals surface area contributed by atoms with E-state index in [9.17, 15) is 0 Å². The van der Waals surface area contributed by atoms with Crippen LogP contribution in [0.4, 0.5) is 0 Å². The third kappa shape index (κ3) is 37.7. The van der Waals surface area contributed by atoms with Gasteiger partial charge < -0.3 is 17.8 Å². The maximum atomic E-state index is 6.83. The van der Waals surface area contributed by atoms with Crippen molar-refractivity contribution in [2.75, 3.05) is 0 Å². The van der Waals surface area contributed by atoms with Gasteiger partial charge in [-0.15, -0.1) is 0 Å². The summed E-state index contributed by atoms with van der Waals surface area (Å²) in [6.45, 7) is 16.2. The van der Waals surface area contributed by atoms with E-state index < -0.39 is 0 Å². The summed E-state index contributed by atoms with van der Waals surface area (Å²) in [5, 5.41) is 13.7. The van der Waals surface area contributed by atoms with Crippen LogP contribution in [0.1, 0.15) is 81.1 Å². The van der Waals surface area contributed by atoms with E-state index in [1.54, 1.807) is 0 Å². The van der Waals surface area contributed by atoms with Gasteiger partial charge in [-0.05, 0) is 38.9 Å². The molecule has 0 fully saturated rings. The first-order valence-corrected chi connectivity index (χ1v) is 9.23. The summed E-state index contributed by atoms with van der Waals surface area (Å²) in [5.74, 6) is 0. The van der Waals surface area contributed by atoms with Gasteiger partial charge in [0.1, 0.15) is 15.9 Å². The van der Waals surface area contributed by atoms with E-state index in [0.717, 1.165) is 25.7 Å². The maximum absolute atomic E-state index is 6.83. The van der Waals surface area contributed by atoms with Crippen LogP contribution in [0.25, 0.3) is 0 Å². The third-order valence-electron chi connectivity index (χ3n) is 2.95. The van der Waals surface area contributed by atoms with E-state index in [-0.39, 0.29) is 65.4 Å². The van der Waals surface area contributed by atoms with Gasteiger partial charge in [0.2, 0.25) is 0 Å². The van der Waals surface area contributed by atoms with E-state index in [1.165, 1.54) is 0 Å². The third-order valence-corrected chi connectivity index (χ3v) is 4.10. The second-order valence-corrected chi connectivity index (χ2v) is 6.16. The van der Waals surface area contributed by atoms with E-state index in [1.807, 2.05) is 27.7 Å². The molecular formula is C16H40AlErO4+. The Hall–Kier alpha value is 1.62. The van der Waals surface area contributed by atoms with Crippen LogP contribution >= 0.6 is 0 Å². The van der Waals surface area contributed by atoms with E-state index in [4.69, 9.17) is 17.8 Å². The number of hydrogen-bond acceptors (Lipinski definition) is 2. The zero-order chi connectivity index (χ0) is 17.3. The largest absolute Gasteiger partial charge is 0.677 e. The van der Waals surface area contributed by atoms with Gasteiger partial charge in [0.05, 0.1) is 0 Å². The molecule has 0 saturated carbocycles. The van der Waals surface area contributed by atoms with Crippen LogP contribution in [-0.2, 0) is 7.58 Å². The molecule has 4 unspecified atom stereocenters. The van der Waals surface area contributed by atoms with Crippen LogP contribution < -0.4 is 0 Å². The first kappa shape index (κ1) is 31.4. The molecule has 0 aliphatic carbocycles. The predicted octanol–water partition coefficient (Wildman–Crippen LogP) is 3.17. The molecule has 0 saturated heterocycles. The van der Waals surface area contributed by atoms with Crippen molar-refractivity contribution < 1.29 is 55.1 Å². The molecule has 4 nitrogen and oxygen atoms in total. The van der Waals surface area contributed by atoms with Crippen LogP contribution in [-0.4, -0.2) is 50.5 Å². The second kappa shape index (κ2) is 24.9. The number of hydrogen-bond donors (Lipinski definition) is 0. The minimum absolute atomic E-state index is 0. The Morgan fingerprint density at radius 2 is 0.909 bits per heavy atom. The van der Waals surface area contributed by atoms with Crippen LogP contribution in [0.5, 0.6) is 0 Å². The zero-order valence-electron chi connectivity index (χ0n) is 15.8. The summed E-state index contributed by atoms with van der Waals surface area (Å²) in [5.41, 5.74) is 0. The van der Waals surface area contributed by atoms with Crippen LogP contribution in [0.3, 0.4) is 0 Å². The number of rotatable bonds is 8. The van der Waals surface area contributed by atoms with Crippen LogP contribution in [0.15, 0.2) is 0 Å². The molecule has 0 aliphatic heterocycles. The van der Waals surface area contributed by atoms with Gasteiger partial charge in [-0.25, -0.2) is 0 Å². The Labute approximate surface area is 175 Å². The first-order valence-electron chi connectivity index (χ1n) is 8.29. The van der Waals surface area contributed by atoms with Gasteiger partial charge in [0.25, 0.3) is 0 Å². The summed E-state index contributed by atoms with van der Waals surface area (Å²) in [4.78, 5) is 0. The summed E-state index contributed by atoms with van der Waals surface area (Å²) in [7, 11) is 0. The molecule has 0 aromatic rings. The fourth-order valence-electron chi connectivity index (χ4n) is 0.414. The topological polar surface area (TPSA) is 64.3 Å². The molecule has 0 aliphatic rings. The zero-order valence-corrected chi connectivity index (χ0v) is 18.8. The Balaban J connectivity index is -0.000000124. The monoisotopic (exact) mass is 489 g/mol. The molecule has 0 aromatic heterocycles. The SMILES string of the molecule is CCC(C)[OH2+].CCC(C)[OH2+].CCC(C)[O][Al-][O]C(C)CC.[Er]. The average molecular weight is 491 g/mol. The fraction of sp³-hybridized carbons (Fsp3) is 1.00. The summed E-state index contributed by atoms with van der Waals surface area (Å²) < 4.78 is 10.8. The van der Waals surface area contributed by atoms with Crippen molar-refractivity contribution in [1.82, 2.24) is 0 Å². The molecule has 0 aromatic carbocycles. The van der Waals surface area contributed by atoms with Gasteiger partial charge >= 0.3 is 0 Å². The minimum atomic E-state index is -0.250. The molecular weight excluding hydrogens is 450 g/mol. The van der Waals surface area contributed by atoms with Crippen molar-refractivity contribution >= 4 is 15.9 Å². The van der Waals surface area contributed by atoms with Gasteiger partial charge in [-0.2, -0.15) is 0 Å². The average Bonchev–Trinajstić information content (AvgIpc) is 2.47. The van der Waals surface area contributed by atoms with Crippen LogP contribution in [0.2, 0.25) is 0 Å². The summed E-state index contributed by atoms with van der Waals surface area (Å²) in [6.07, 6.45) is 5.06. The molecule has 4 N–H and O–H groups in total. The fourth-order valence-corrected chi connectivity index (χ4v) is 1.24. The smallest absolute Gasteiger partial charge is 0.150 e. The minimum Gasteiger partial charge on any atom is -0.677 e. The quantitative estimate of drug-likeness (QED) is 0.388. The van der Waals surface area contributed by atoms with Crippen molar-refractivity contribution in [3.05, 3.63) is 0 Å². The summed E-state index contributed by atoms with van der Waals surface area (Å²) in [6, 6.07) is 0. The molecule has 142 valence electrons. The van der Waals surface area contributed by atoms with Gasteiger partial charge in [-0.3, -0.25) is 0 Å². The molecule has 22 heavy (non-hydrogen) atoms. The maximum Gasteiger partial charge on any atom is 0.150 e. The molecule has 2 radical (unpaired) electrons. The van der Waals surface area contributed by atoms with E-state index in [0.29, 0.717) is 12.2 Å². The molecule has 6 heteroatoms. The summed E-state index contributed by atoms with van der Waals surface area (Å²) >= 11 is -0.250. The van der Waals surface area contributed by atoms with Gasteiger partial charge in [-0.1, -0.05) is 27.7 Å². The molecule has 0 amide bonds. The normalized spacial score (nSPS) is 15.0. The molecule has 0 spiro atoms. The molecule has 0 bridgehead atoms. The second-order valence-electron chi connectivity index (χ2n) is 5.42. The Morgan fingerprint density at radius 1 is 0.682 bits per heavy atom. The first-order chi connectivity index (χ1) is 9.74. The molecule has 0 rings (SSSR count). The van der Waals surface area contributed by atoms with Crippen molar-refractivity contribution in [3.8, 4) is 0 Å². The van der Waals surface area contributed by atoms with E-state index >= 15 is 0 Å². The van der Waals surface area contributed by atoms with Crippen molar-refractivity contribution in [2.24, 2.45) is 0 Å². The van der Waals surface area contributed by atoms with Gasteiger partial charge in [0, 0.05) is 64.0 Å². The molecule has 4 atom stereocenters. The van der Waals surface area contributed by atoms with Crippen molar-refractivity contribution in [3.63, 3.8) is 0 Å². The van der Waals surface area contributed by atoms with Crippen molar-refractivity contribution in [2.45, 2.75) is 105 Å². The standard InChI is InChI=1S/2C4H10O.2C4H9O.Al.Er/c4*1-3-4(2)5;;/h2*4-5H,3H2,1-2H3;2*4H,3H2,1-2H3;;/q;;2*-1;+1;/p+2. The van der Waals surface area contributed by atoms with Gasteiger partial charge in [0.15, 0.2) is 12.2 Å². The Morgan fingerprint density at radius 3 is 1.05 bits per heavy atom. The van der Waals surface area contributed by atoms with E-state index in [2.05, 4.69) is 27.7 Å². The van der Waals surface area contributed by atoms with Crippen LogP contribution in [0, 0.1) is 37.3 Å². The van der Waals surface area contributed by atoms with Crippen molar-refractivity contribution in [1.29, 1.82) is 0 Å². The molecule has 0 heterocycles. The Kier molecular flexibility index (Phi) is 35.5. The predicted molar refractivity (Wildman–Crippen MR) is 94.2 cm³/mol. The Bertz CT molecular complexity index is 166.